The molecule has 0 radical (unpaired) electrons. The zero-order valence-corrected chi connectivity index (χ0v) is 10.6. The Kier molecular flexibility index (Phi) is 3.53. The van der Waals surface area contributed by atoms with Crippen LogP contribution in [0.3, 0.4) is 0 Å². The molecule has 2 rings (SSSR count). The zero-order valence-electron chi connectivity index (χ0n) is 9.75. The van der Waals surface area contributed by atoms with E-state index in [1.165, 1.54) is 6.33 Å². The Labute approximate surface area is 103 Å². The van der Waals surface area contributed by atoms with Crippen molar-refractivity contribution in [2.75, 3.05) is 0 Å². The third kappa shape index (κ3) is 2.91. The topological polar surface area (TPSA) is 59.8 Å². The zero-order chi connectivity index (χ0) is 12.3. The van der Waals surface area contributed by atoms with Gasteiger partial charge in [0.15, 0.2) is 0 Å². The van der Waals surface area contributed by atoms with Crippen LogP contribution in [0.4, 0.5) is 0 Å². The molecular formula is C11H14N4OS. The Hall–Kier alpha value is -1.69. The Morgan fingerprint density at radius 1 is 1.65 bits per heavy atom. The van der Waals surface area contributed by atoms with Gasteiger partial charge in [0.05, 0.1) is 12.5 Å². The highest BCUT2D eigenvalue weighted by molar-refractivity contribution is 7.07. The van der Waals surface area contributed by atoms with Gasteiger partial charge in [0.25, 0.3) is 0 Å². The van der Waals surface area contributed by atoms with Crippen molar-refractivity contribution in [1.29, 1.82) is 0 Å². The first-order chi connectivity index (χ1) is 8.16. The number of thiophene rings is 1. The first-order valence-electron chi connectivity index (χ1n) is 5.31. The lowest BCUT2D eigenvalue weighted by Gasteiger charge is -2.12. The van der Waals surface area contributed by atoms with Crippen LogP contribution >= 0.6 is 11.3 Å². The predicted molar refractivity (Wildman–Crippen MR) is 65.6 cm³/mol. The molecule has 6 heteroatoms. The maximum Gasteiger partial charge on any atom is 0.225 e. The van der Waals surface area contributed by atoms with E-state index in [4.69, 9.17) is 0 Å². The van der Waals surface area contributed by atoms with Crippen LogP contribution in [0, 0.1) is 0 Å². The second kappa shape index (κ2) is 5.09. The molecule has 2 heterocycles. The number of hydrogen-bond donors (Lipinski definition) is 1. The molecule has 0 saturated heterocycles. The van der Waals surface area contributed by atoms with Crippen LogP contribution in [-0.4, -0.2) is 20.7 Å². The van der Waals surface area contributed by atoms with Crippen LogP contribution < -0.4 is 5.32 Å². The van der Waals surface area contributed by atoms with Crippen LogP contribution in [0.15, 0.2) is 23.2 Å². The molecule has 5 nitrogen and oxygen atoms in total. The van der Waals surface area contributed by atoms with Crippen LogP contribution in [0.5, 0.6) is 0 Å². The normalized spacial score (nSPS) is 12.4. The SMILES string of the molecule is CC(NC(=O)Cc1ccsc1)c1ncnn1C. The first kappa shape index (κ1) is 11.8. The van der Waals surface area contributed by atoms with Crippen molar-refractivity contribution in [2.45, 2.75) is 19.4 Å². The summed E-state index contributed by atoms with van der Waals surface area (Å²) < 4.78 is 1.66. The number of aromatic nitrogens is 3. The molecule has 1 N–H and O–H groups in total. The average molecular weight is 250 g/mol. The van der Waals surface area contributed by atoms with E-state index < -0.39 is 0 Å². The van der Waals surface area contributed by atoms with Gasteiger partial charge in [-0.25, -0.2) is 4.98 Å². The fraction of sp³-hybridized carbons (Fsp3) is 0.364. The Morgan fingerprint density at radius 3 is 3.06 bits per heavy atom. The van der Waals surface area contributed by atoms with Gasteiger partial charge in [-0.2, -0.15) is 16.4 Å². The molecule has 1 unspecified atom stereocenters. The summed E-state index contributed by atoms with van der Waals surface area (Å²) in [6, 6.07) is 1.82. The lowest BCUT2D eigenvalue weighted by molar-refractivity contribution is -0.121. The van der Waals surface area contributed by atoms with Gasteiger partial charge in [-0.3, -0.25) is 9.48 Å². The average Bonchev–Trinajstić information content (AvgIpc) is 2.88. The quantitative estimate of drug-likeness (QED) is 0.889. The second-order valence-corrected chi connectivity index (χ2v) is 4.62. The first-order valence-corrected chi connectivity index (χ1v) is 6.25. The summed E-state index contributed by atoms with van der Waals surface area (Å²) in [5, 5.41) is 10.8. The van der Waals surface area contributed by atoms with Crippen molar-refractivity contribution in [3.63, 3.8) is 0 Å². The Bertz CT molecular complexity index is 491. The van der Waals surface area contributed by atoms with Gasteiger partial charge in [0, 0.05) is 7.05 Å². The molecule has 2 aromatic rings. The molecule has 0 spiro atoms. The minimum absolute atomic E-state index is 0.00102. The van der Waals surface area contributed by atoms with Crippen molar-refractivity contribution in [3.05, 3.63) is 34.5 Å². The minimum atomic E-state index is -0.131. The summed E-state index contributed by atoms with van der Waals surface area (Å²) in [7, 11) is 1.81. The van der Waals surface area contributed by atoms with E-state index in [1.54, 1.807) is 16.0 Å². The molecule has 17 heavy (non-hydrogen) atoms. The molecule has 0 aliphatic carbocycles. The predicted octanol–water partition coefficient (Wildman–Crippen LogP) is 1.30. The van der Waals surface area contributed by atoms with Gasteiger partial charge in [0.2, 0.25) is 5.91 Å². The molecule has 0 aromatic carbocycles. The monoisotopic (exact) mass is 250 g/mol. The van der Waals surface area contributed by atoms with Crippen molar-refractivity contribution in [2.24, 2.45) is 7.05 Å². The van der Waals surface area contributed by atoms with Gasteiger partial charge >= 0.3 is 0 Å². The number of amides is 1. The smallest absolute Gasteiger partial charge is 0.225 e. The number of rotatable bonds is 4. The van der Waals surface area contributed by atoms with Crippen molar-refractivity contribution >= 4 is 17.2 Å². The highest BCUT2D eigenvalue weighted by Gasteiger charge is 2.14. The van der Waals surface area contributed by atoms with E-state index in [1.807, 2.05) is 30.8 Å². The third-order valence-corrected chi connectivity index (χ3v) is 3.19. The molecule has 0 fully saturated rings. The summed E-state index contributed by atoms with van der Waals surface area (Å²) in [5.74, 6) is 0.752. The molecule has 0 aliphatic rings. The van der Waals surface area contributed by atoms with Crippen LogP contribution in [-0.2, 0) is 18.3 Å². The third-order valence-electron chi connectivity index (χ3n) is 2.46. The van der Waals surface area contributed by atoms with Gasteiger partial charge in [-0.05, 0) is 29.3 Å². The second-order valence-electron chi connectivity index (χ2n) is 3.84. The van der Waals surface area contributed by atoms with Crippen LogP contribution in [0.25, 0.3) is 0 Å². The van der Waals surface area contributed by atoms with E-state index >= 15 is 0 Å². The summed E-state index contributed by atoms with van der Waals surface area (Å²) in [6.45, 7) is 1.90. The summed E-state index contributed by atoms with van der Waals surface area (Å²) in [4.78, 5) is 15.9. The summed E-state index contributed by atoms with van der Waals surface area (Å²) in [5.41, 5.74) is 1.04. The number of hydrogen-bond acceptors (Lipinski definition) is 4. The van der Waals surface area contributed by atoms with Gasteiger partial charge in [-0.15, -0.1) is 0 Å². The Balaban J connectivity index is 1.93. The number of nitrogens with zero attached hydrogens (tertiary/aromatic N) is 3. The van der Waals surface area contributed by atoms with Gasteiger partial charge in [-0.1, -0.05) is 0 Å². The van der Waals surface area contributed by atoms with Crippen molar-refractivity contribution < 1.29 is 4.79 Å². The van der Waals surface area contributed by atoms with Crippen LogP contribution in [0.1, 0.15) is 24.4 Å². The number of aryl methyl sites for hydroxylation is 1. The largest absolute Gasteiger partial charge is 0.346 e. The summed E-state index contributed by atoms with van der Waals surface area (Å²) in [6.07, 6.45) is 1.89. The number of nitrogens with one attached hydrogen (secondary N) is 1. The highest BCUT2D eigenvalue weighted by atomic mass is 32.1. The van der Waals surface area contributed by atoms with E-state index in [0.717, 1.165) is 11.4 Å². The van der Waals surface area contributed by atoms with Crippen molar-refractivity contribution in [1.82, 2.24) is 20.1 Å². The molecule has 90 valence electrons. The standard InChI is InChI=1S/C11H14N4OS/c1-8(11-12-7-13-15(11)2)14-10(16)5-9-3-4-17-6-9/h3-4,6-8H,5H2,1-2H3,(H,14,16). The Morgan fingerprint density at radius 2 is 2.47 bits per heavy atom. The van der Waals surface area contributed by atoms with Crippen LogP contribution in [0.2, 0.25) is 0 Å². The number of carbonyl (C=O) groups is 1. The molecule has 0 saturated carbocycles. The van der Waals surface area contributed by atoms with Gasteiger partial charge < -0.3 is 5.32 Å². The fourth-order valence-electron chi connectivity index (χ4n) is 1.63. The fourth-order valence-corrected chi connectivity index (χ4v) is 2.30. The van der Waals surface area contributed by atoms with E-state index in [2.05, 4.69) is 15.4 Å². The lowest BCUT2D eigenvalue weighted by atomic mass is 10.2. The summed E-state index contributed by atoms with van der Waals surface area (Å²) >= 11 is 1.59. The minimum Gasteiger partial charge on any atom is -0.346 e. The molecule has 1 atom stereocenters. The molecule has 2 aromatic heterocycles. The number of carbonyl (C=O) groups excluding carboxylic acids is 1. The lowest BCUT2D eigenvalue weighted by Crippen LogP contribution is -2.29. The highest BCUT2D eigenvalue weighted by Crippen LogP contribution is 2.09. The van der Waals surface area contributed by atoms with Crippen molar-refractivity contribution in [3.8, 4) is 0 Å². The molecule has 0 aliphatic heterocycles. The molecular weight excluding hydrogens is 236 g/mol. The molecule has 0 bridgehead atoms. The van der Waals surface area contributed by atoms with E-state index in [9.17, 15) is 4.79 Å². The van der Waals surface area contributed by atoms with E-state index in [0.29, 0.717) is 6.42 Å². The maximum atomic E-state index is 11.8. The molecule has 1 amide bonds. The maximum absolute atomic E-state index is 11.8. The van der Waals surface area contributed by atoms with E-state index in [-0.39, 0.29) is 11.9 Å². The van der Waals surface area contributed by atoms with Gasteiger partial charge in [0.1, 0.15) is 12.2 Å².